The molecular weight excluding hydrogens is 328 g/mol. The van der Waals surface area contributed by atoms with Gasteiger partial charge in [-0.15, -0.1) is 0 Å². The van der Waals surface area contributed by atoms with Crippen molar-refractivity contribution in [3.05, 3.63) is 59.0 Å². The molecule has 1 saturated heterocycles. The van der Waals surface area contributed by atoms with Gasteiger partial charge in [-0.2, -0.15) is 0 Å². The topological polar surface area (TPSA) is 53.8 Å². The monoisotopic (exact) mass is 352 g/mol. The highest BCUT2D eigenvalue weighted by molar-refractivity contribution is 5.91. The molecule has 0 unspecified atom stereocenters. The van der Waals surface area contributed by atoms with Crippen molar-refractivity contribution in [1.82, 2.24) is 9.80 Å². The van der Waals surface area contributed by atoms with Crippen molar-refractivity contribution in [2.45, 2.75) is 32.1 Å². The number of rotatable bonds is 3. The molecular formula is C21H24N2O3. The SMILES string of the molecule is O=C(Cc1ccc2c(c1)CCC2)N1CCCN(C(=O)c2ccco2)CC1. The Balaban J connectivity index is 1.36. The van der Waals surface area contributed by atoms with Crippen molar-refractivity contribution in [1.29, 1.82) is 0 Å². The van der Waals surface area contributed by atoms with Gasteiger partial charge in [0.25, 0.3) is 5.91 Å². The summed E-state index contributed by atoms with van der Waals surface area (Å²) in [5.74, 6) is 0.418. The smallest absolute Gasteiger partial charge is 0.289 e. The predicted molar refractivity (Wildman–Crippen MR) is 98.0 cm³/mol. The van der Waals surface area contributed by atoms with Crippen LogP contribution in [0.4, 0.5) is 0 Å². The quantitative estimate of drug-likeness (QED) is 0.853. The first-order valence-corrected chi connectivity index (χ1v) is 9.42. The van der Waals surface area contributed by atoms with Crippen LogP contribution in [-0.4, -0.2) is 47.8 Å². The lowest BCUT2D eigenvalue weighted by molar-refractivity contribution is -0.130. The van der Waals surface area contributed by atoms with Gasteiger partial charge in [-0.1, -0.05) is 18.2 Å². The first kappa shape index (κ1) is 16.9. The first-order chi connectivity index (χ1) is 12.7. The van der Waals surface area contributed by atoms with Crippen LogP contribution in [0.15, 0.2) is 41.0 Å². The first-order valence-electron chi connectivity index (χ1n) is 9.42. The molecule has 2 aromatic rings. The average molecular weight is 352 g/mol. The van der Waals surface area contributed by atoms with Crippen molar-refractivity contribution in [3.63, 3.8) is 0 Å². The van der Waals surface area contributed by atoms with Crippen LogP contribution in [0.25, 0.3) is 0 Å². The normalized spacial score (nSPS) is 17.1. The zero-order chi connectivity index (χ0) is 17.9. The summed E-state index contributed by atoms with van der Waals surface area (Å²) < 4.78 is 5.21. The zero-order valence-corrected chi connectivity index (χ0v) is 14.9. The van der Waals surface area contributed by atoms with E-state index in [1.165, 1.54) is 23.8 Å². The predicted octanol–water partition coefficient (Wildman–Crippen LogP) is 2.69. The molecule has 1 aromatic heterocycles. The second kappa shape index (κ2) is 7.36. The number of furan rings is 1. The maximum atomic E-state index is 12.7. The van der Waals surface area contributed by atoms with Crippen LogP contribution in [0.5, 0.6) is 0 Å². The Morgan fingerprint density at radius 2 is 1.73 bits per heavy atom. The van der Waals surface area contributed by atoms with Gasteiger partial charge in [-0.3, -0.25) is 9.59 Å². The second-order valence-corrected chi connectivity index (χ2v) is 7.14. The van der Waals surface area contributed by atoms with E-state index < -0.39 is 0 Å². The van der Waals surface area contributed by atoms with Crippen molar-refractivity contribution in [2.24, 2.45) is 0 Å². The lowest BCUT2D eigenvalue weighted by Crippen LogP contribution is -2.37. The van der Waals surface area contributed by atoms with Gasteiger partial charge in [0.1, 0.15) is 0 Å². The summed E-state index contributed by atoms with van der Waals surface area (Å²) in [6.07, 6.45) is 6.26. The molecule has 2 heterocycles. The van der Waals surface area contributed by atoms with E-state index in [9.17, 15) is 9.59 Å². The zero-order valence-electron chi connectivity index (χ0n) is 14.9. The van der Waals surface area contributed by atoms with Crippen LogP contribution in [0, 0.1) is 0 Å². The number of carbonyl (C=O) groups is 2. The van der Waals surface area contributed by atoms with E-state index in [4.69, 9.17) is 4.42 Å². The second-order valence-electron chi connectivity index (χ2n) is 7.14. The molecule has 2 aliphatic rings. The van der Waals surface area contributed by atoms with E-state index in [2.05, 4.69) is 18.2 Å². The van der Waals surface area contributed by atoms with Crippen LogP contribution in [0.2, 0.25) is 0 Å². The highest BCUT2D eigenvalue weighted by Gasteiger charge is 2.24. The summed E-state index contributed by atoms with van der Waals surface area (Å²) in [6.45, 7) is 2.49. The number of nitrogens with zero attached hydrogens (tertiary/aromatic N) is 2. The van der Waals surface area contributed by atoms with Crippen molar-refractivity contribution < 1.29 is 14.0 Å². The fourth-order valence-corrected chi connectivity index (χ4v) is 3.95. The Morgan fingerprint density at radius 3 is 2.58 bits per heavy atom. The Hall–Kier alpha value is -2.56. The number of benzene rings is 1. The molecule has 1 aliphatic heterocycles. The highest BCUT2D eigenvalue weighted by Crippen LogP contribution is 2.23. The van der Waals surface area contributed by atoms with Crippen LogP contribution >= 0.6 is 0 Å². The molecule has 0 N–H and O–H groups in total. The van der Waals surface area contributed by atoms with E-state index in [-0.39, 0.29) is 11.8 Å². The molecule has 0 saturated carbocycles. The van der Waals surface area contributed by atoms with Gasteiger partial charge < -0.3 is 14.2 Å². The third-order valence-corrected chi connectivity index (χ3v) is 5.39. The highest BCUT2D eigenvalue weighted by atomic mass is 16.3. The number of hydrogen-bond donors (Lipinski definition) is 0. The van der Waals surface area contributed by atoms with Crippen LogP contribution < -0.4 is 0 Å². The van der Waals surface area contributed by atoms with Crippen LogP contribution in [0.3, 0.4) is 0 Å². The number of aryl methyl sites for hydroxylation is 2. The number of amides is 2. The van der Waals surface area contributed by atoms with Crippen molar-refractivity contribution in [3.8, 4) is 0 Å². The van der Waals surface area contributed by atoms with Gasteiger partial charge in [0.15, 0.2) is 5.76 Å². The Bertz CT molecular complexity index is 798. The number of carbonyl (C=O) groups excluding carboxylic acids is 2. The summed E-state index contributed by atoms with van der Waals surface area (Å²) in [5, 5.41) is 0. The summed E-state index contributed by atoms with van der Waals surface area (Å²) in [5.41, 5.74) is 3.94. The van der Waals surface area contributed by atoms with Crippen LogP contribution in [0.1, 0.15) is 40.1 Å². The van der Waals surface area contributed by atoms with Gasteiger partial charge in [0.05, 0.1) is 12.7 Å². The molecule has 5 nitrogen and oxygen atoms in total. The molecule has 0 spiro atoms. The third-order valence-electron chi connectivity index (χ3n) is 5.39. The standard InChI is InChI=1S/C21H24N2O3/c24-20(15-16-7-8-17-4-1-5-18(17)14-16)22-9-3-10-23(12-11-22)21(25)19-6-2-13-26-19/h2,6-8,13-14H,1,3-5,9-12,15H2. The summed E-state index contributed by atoms with van der Waals surface area (Å²) >= 11 is 0. The molecule has 5 heteroatoms. The average Bonchev–Trinajstić information content (AvgIpc) is 3.28. The van der Waals surface area contributed by atoms with E-state index in [1.807, 2.05) is 4.90 Å². The van der Waals surface area contributed by atoms with E-state index >= 15 is 0 Å². The van der Waals surface area contributed by atoms with E-state index in [0.717, 1.165) is 24.8 Å². The molecule has 2 amide bonds. The number of hydrogen-bond acceptors (Lipinski definition) is 3. The lowest BCUT2D eigenvalue weighted by Gasteiger charge is -2.22. The lowest BCUT2D eigenvalue weighted by atomic mass is 10.0. The largest absolute Gasteiger partial charge is 0.459 e. The Kier molecular flexibility index (Phi) is 4.78. The van der Waals surface area contributed by atoms with Crippen molar-refractivity contribution >= 4 is 11.8 Å². The van der Waals surface area contributed by atoms with Crippen LogP contribution in [-0.2, 0) is 24.1 Å². The number of fused-ring (bicyclic) bond motifs is 1. The molecule has 1 aliphatic carbocycles. The summed E-state index contributed by atoms with van der Waals surface area (Å²) in [4.78, 5) is 28.8. The van der Waals surface area contributed by atoms with Gasteiger partial charge in [0, 0.05) is 26.2 Å². The van der Waals surface area contributed by atoms with Gasteiger partial charge in [-0.05, 0) is 54.5 Å². The Morgan fingerprint density at radius 1 is 0.923 bits per heavy atom. The molecule has 0 bridgehead atoms. The molecule has 26 heavy (non-hydrogen) atoms. The molecule has 0 atom stereocenters. The molecule has 0 radical (unpaired) electrons. The maximum absolute atomic E-state index is 12.7. The van der Waals surface area contributed by atoms with Gasteiger partial charge in [0.2, 0.25) is 5.91 Å². The summed E-state index contributed by atoms with van der Waals surface area (Å²) in [6, 6.07) is 9.87. The van der Waals surface area contributed by atoms with Gasteiger partial charge >= 0.3 is 0 Å². The Labute approximate surface area is 153 Å². The minimum atomic E-state index is -0.0945. The van der Waals surface area contributed by atoms with E-state index in [0.29, 0.717) is 38.4 Å². The minimum Gasteiger partial charge on any atom is -0.459 e. The molecule has 1 aromatic carbocycles. The molecule has 1 fully saturated rings. The van der Waals surface area contributed by atoms with Crippen molar-refractivity contribution in [2.75, 3.05) is 26.2 Å². The van der Waals surface area contributed by atoms with Gasteiger partial charge in [-0.25, -0.2) is 0 Å². The third kappa shape index (κ3) is 3.52. The maximum Gasteiger partial charge on any atom is 0.289 e. The molecule has 136 valence electrons. The minimum absolute atomic E-state index is 0.0945. The fourth-order valence-electron chi connectivity index (χ4n) is 3.95. The molecule has 4 rings (SSSR count). The summed E-state index contributed by atoms with van der Waals surface area (Å²) in [7, 11) is 0. The fraction of sp³-hybridized carbons (Fsp3) is 0.429. The van der Waals surface area contributed by atoms with E-state index in [1.54, 1.807) is 17.0 Å².